The smallest absolute Gasteiger partial charge is 0.228 e. The van der Waals surface area contributed by atoms with Crippen molar-refractivity contribution in [2.24, 2.45) is 0 Å². The van der Waals surface area contributed by atoms with Gasteiger partial charge < -0.3 is 10.1 Å². The zero-order valence-corrected chi connectivity index (χ0v) is 11.4. The standard InChI is InChI=1S/C16H16FNO2/c1-11-9-13(17)7-8-14(11)18-16(19)10-12-5-3-4-6-15(12)20-2/h3-9H,10H2,1-2H3,(H,18,19). The van der Waals surface area contributed by atoms with E-state index in [0.29, 0.717) is 17.0 Å². The number of hydrogen-bond donors (Lipinski definition) is 1. The van der Waals surface area contributed by atoms with Gasteiger partial charge in [-0.2, -0.15) is 0 Å². The SMILES string of the molecule is COc1ccccc1CC(=O)Nc1ccc(F)cc1C. The van der Waals surface area contributed by atoms with Crippen LogP contribution in [-0.4, -0.2) is 13.0 Å². The Labute approximate surface area is 117 Å². The van der Waals surface area contributed by atoms with E-state index in [1.165, 1.54) is 12.1 Å². The number of hydrogen-bond acceptors (Lipinski definition) is 2. The lowest BCUT2D eigenvalue weighted by Crippen LogP contribution is -2.15. The molecule has 0 aliphatic carbocycles. The van der Waals surface area contributed by atoms with Gasteiger partial charge in [0.25, 0.3) is 0 Å². The van der Waals surface area contributed by atoms with Crippen molar-refractivity contribution in [3.05, 3.63) is 59.4 Å². The molecule has 0 aliphatic heterocycles. The van der Waals surface area contributed by atoms with Crippen LogP contribution in [0.5, 0.6) is 5.75 Å². The van der Waals surface area contributed by atoms with Crippen molar-refractivity contribution < 1.29 is 13.9 Å². The predicted molar refractivity (Wildman–Crippen MR) is 76.5 cm³/mol. The van der Waals surface area contributed by atoms with E-state index in [4.69, 9.17) is 4.74 Å². The van der Waals surface area contributed by atoms with Gasteiger partial charge in [0.1, 0.15) is 11.6 Å². The van der Waals surface area contributed by atoms with Gasteiger partial charge in [-0.05, 0) is 36.8 Å². The molecule has 1 amide bonds. The third-order valence-corrected chi connectivity index (χ3v) is 3.01. The quantitative estimate of drug-likeness (QED) is 0.928. The van der Waals surface area contributed by atoms with Crippen LogP contribution in [0, 0.1) is 12.7 Å². The van der Waals surface area contributed by atoms with Gasteiger partial charge in [0, 0.05) is 11.3 Å². The van der Waals surface area contributed by atoms with Gasteiger partial charge in [0.2, 0.25) is 5.91 Å². The summed E-state index contributed by atoms with van der Waals surface area (Å²) in [6.07, 6.45) is 0.209. The largest absolute Gasteiger partial charge is 0.496 e. The van der Waals surface area contributed by atoms with Crippen LogP contribution < -0.4 is 10.1 Å². The third kappa shape index (κ3) is 3.35. The maximum Gasteiger partial charge on any atom is 0.228 e. The van der Waals surface area contributed by atoms with Gasteiger partial charge in [-0.25, -0.2) is 4.39 Å². The summed E-state index contributed by atoms with van der Waals surface area (Å²) < 4.78 is 18.2. The van der Waals surface area contributed by atoms with Crippen LogP contribution in [0.25, 0.3) is 0 Å². The number of aryl methyl sites for hydroxylation is 1. The molecule has 0 aromatic heterocycles. The Morgan fingerprint density at radius 3 is 2.70 bits per heavy atom. The molecule has 3 nitrogen and oxygen atoms in total. The Morgan fingerprint density at radius 1 is 1.25 bits per heavy atom. The summed E-state index contributed by atoms with van der Waals surface area (Å²) in [6.45, 7) is 1.75. The number of anilines is 1. The van der Waals surface area contributed by atoms with Crippen molar-refractivity contribution in [1.82, 2.24) is 0 Å². The molecular formula is C16H16FNO2. The Hall–Kier alpha value is -2.36. The number of carbonyl (C=O) groups excluding carboxylic acids is 1. The van der Waals surface area contributed by atoms with Gasteiger partial charge in [0.15, 0.2) is 0 Å². The first-order valence-corrected chi connectivity index (χ1v) is 6.28. The van der Waals surface area contributed by atoms with Crippen LogP contribution in [0.1, 0.15) is 11.1 Å². The maximum atomic E-state index is 13.0. The molecule has 0 aliphatic rings. The van der Waals surface area contributed by atoms with Crippen molar-refractivity contribution in [2.75, 3.05) is 12.4 Å². The van der Waals surface area contributed by atoms with Gasteiger partial charge in [-0.1, -0.05) is 18.2 Å². The molecule has 4 heteroatoms. The molecule has 1 N–H and O–H groups in total. The minimum Gasteiger partial charge on any atom is -0.496 e. The van der Waals surface area contributed by atoms with Crippen molar-refractivity contribution in [2.45, 2.75) is 13.3 Å². The number of para-hydroxylation sites is 1. The van der Waals surface area contributed by atoms with Crippen molar-refractivity contribution >= 4 is 11.6 Å². The first kappa shape index (κ1) is 14.1. The second kappa shape index (κ2) is 6.19. The molecule has 0 unspecified atom stereocenters. The summed E-state index contributed by atoms with van der Waals surface area (Å²) in [5.41, 5.74) is 2.12. The lowest BCUT2D eigenvalue weighted by molar-refractivity contribution is -0.115. The number of ether oxygens (including phenoxy) is 1. The average Bonchev–Trinajstić information content (AvgIpc) is 2.42. The molecule has 0 atom stereocenters. The van der Waals surface area contributed by atoms with Crippen LogP contribution in [-0.2, 0) is 11.2 Å². The second-order valence-corrected chi connectivity index (χ2v) is 4.50. The number of methoxy groups -OCH3 is 1. The first-order chi connectivity index (χ1) is 9.60. The van der Waals surface area contributed by atoms with Crippen LogP contribution in [0.3, 0.4) is 0 Å². The molecule has 2 aromatic carbocycles. The monoisotopic (exact) mass is 273 g/mol. The molecule has 0 saturated carbocycles. The number of benzene rings is 2. The highest BCUT2D eigenvalue weighted by Crippen LogP contribution is 2.20. The molecule has 0 spiro atoms. The molecule has 0 bridgehead atoms. The molecule has 104 valence electrons. The molecule has 20 heavy (non-hydrogen) atoms. The second-order valence-electron chi connectivity index (χ2n) is 4.50. The van der Waals surface area contributed by atoms with Crippen molar-refractivity contribution in [1.29, 1.82) is 0 Å². The molecule has 0 radical (unpaired) electrons. The fourth-order valence-corrected chi connectivity index (χ4v) is 1.98. The topological polar surface area (TPSA) is 38.3 Å². The summed E-state index contributed by atoms with van der Waals surface area (Å²) in [5.74, 6) is 0.202. The van der Waals surface area contributed by atoms with Gasteiger partial charge in [0.05, 0.1) is 13.5 Å². The van der Waals surface area contributed by atoms with E-state index in [1.807, 2.05) is 24.3 Å². The Balaban J connectivity index is 2.09. The van der Waals surface area contributed by atoms with Gasteiger partial charge >= 0.3 is 0 Å². The van der Waals surface area contributed by atoms with Crippen LogP contribution in [0.4, 0.5) is 10.1 Å². The third-order valence-electron chi connectivity index (χ3n) is 3.01. The normalized spacial score (nSPS) is 10.2. The molecule has 2 rings (SSSR count). The predicted octanol–water partition coefficient (Wildman–Crippen LogP) is 3.32. The van der Waals surface area contributed by atoms with E-state index < -0.39 is 0 Å². The Bertz CT molecular complexity index is 626. The molecule has 2 aromatic rings. The Kier molecular flexibility index (Phi) is 4.35. The highest BCUT2D eigenvalue weighted by Gasteiger charge is 2.09. The van der Waals surface area contributed by atoms with E-state index in [1.54, 1.807) is 20.1 Å². The number of halogens is 1. The van der Waals surface area contributed by atoms with E-state index >= 15 is 0 Å². The lowest BCUT2D eigenvalue weighted by atomic mass is 10.1. The summed E-state index contributed by atoms with van der Waals surface area (Å²) in [4.78, 5) is 12.0. The number of nitrogens with one attached hydrogen (secondary N) is 1. The number of rotatable bonds is 4. The summed E-state index contributed by atoms with van der Waals surface area (Å²) in [5, 5.41) is 2.78. The van der Waals surface area contributed by atoms with E-state index in [-0.39, 0.29) is 18.1 Å². The summed E-state index contributed by atoms with van der Waals surface area (Å²) >= 11 is 0. The van der Waals surface area contributed by atoms with E-state index in [0.717, 1.165) is 5.56 Å². The zero-order valence-electron chi connectivity index (χ0n) is 11.4. The van der Waals surface area contributed by atoms with E-state index in [2.05, 4.69) is 5.32 Å². The molecular weight excluding hydrogens is 257 g/mol. The highest BCUT2D eigenvalue weighted by molar-refractivity contribution is 5.93. The fraction of sp³-hybridized carbons (Fsp3) is 0.188. The minimum absolute atomic E-state index is 0.163. The molecule has 0 fully saturated rings. The molecule has 0 saturated heterocycles. The van der Waals surface area contributed by atoms with Crippen LogP contribution in [0.15, 0.2) is 42.5 Å². The van der Waals surface area contributed by atoms with Crippen molar-refractivity contribution in [3.63, 3.8) is 0 Å². The average molecular weight is 273 g/mol. The van der Waals surface area contributed by atoms with Crippen molar-refractivity contribution in [3.8, 4) is 5.75 Å². The summed E-state index contributed by atoms with van der Waals surface area (Å²) in [7, 11) is 1.57. The zero-order chi connectivity index (χ0) is 14.5. The molecule has 0 heterocycles. The van der Waals surface area contributed by atoms with Crippen LogP contribution in [0.2, 0.25) is 0 Å². The Morgan fingerprint density at radius 2 is 2.00 bits per heavy atom. The maximum absolute atomic E-state index is 13.0. The van der Waals surface area contributed by atoms with Gasteiger partial charge in [-0.3, -0.25) is 4.79 Å². The minimum atomic E-state index is -0.315. The highest BCUT2D eigenvalue weighted by atomic mass is 19.1. The first-order valence-electron chi connectivity index (χ1n) is 6.28. The van der Waals surface area contributed by atoms with Crippen LogP contribution >= 0.6 is 0 Å². The number of carbonyl (C=O) groups is 1. The van der Waals surface area contributed by atoms with E-state index in [9.17, 15) is 9.18 Å². The fourth-order valence-electron chi connectivity index (χ4n) is 1.98. The lowest BCUT2D eigenvalue weighted by Gasteiger charge is -2.10. The summed E-state index contributed by atoms with van der Waals surface area (Å²) in [6, 6.07) is 11.6. The number of amides is 1. The van der Waals surface area contributed by atoms with Gasteiger partial charge in [-0.15, -0.1) is 0 Å².